The third-order valence-corrected chi connectivity index (χ3v) is 5.40. The molecule has 1 aromatic carbocycles. The minimum absolute atomic E-state index is 0.0806. The zero-order valence-corrected chi connectivity index (χ0v) is 16.3. The fourth-order valence-corrected chi connectivity index (χ4v) is 4.10. The Labute approximate surface area is 169 Å². The van der Waals surface area contributed by atoms with Crippen LogP contribution in [0.15, 0.2) is 30.3 Å². The van der Waals surface area contributed by atoms with Crippen molar-refractivity contribution in [1.82, 2.24) is 29.6 Å². The van der Waals surface area contributed by atoms with E-state index in [9.17, 15) is 9.18 Å². The van der Waals surface area contributed by atoms with Gasteiger partial charge in [0.05, 0.1) is 5.69 Å². The van der Waals surface area contributed by atoms with Gasteiger partial charge in [0.2, 0.25) is 5.91 Å². The molecule has 0 radical (unpaired) electrons. The Morgan fingerprint density at radius 3 is 2.76 bits per heavy atom. The molecule has 1 N–H and O–H groups in total. The van der Waals surface area contributed by atoms with Crippen LogP contribution in [0.3, 0.4) is 0 Å². The third-order valence-electron chi connectivity index (χ3n) is 5.07. The van der Waals surface area contributed by atoms with Crippen molar-refractivity contribution in [3.05, 3.63) is 63.8 Å². The maximum absolute atomic E-state index is 14.6. The number of hydrogen-bond donors (Lipinski definition) is 1. The highest BCUT2D eigenvalue weighted by atomic mass is 35.5. The zero-order valence-electron chi connectivity index (χ0n) is 15.5. The number of aromatic nitrogens is 6. The molecule has 0 saturated heterocycles. The first-order valence-electron chi connectivity index (χ1n) is 8.96. The Bertz CT molecular complexity index is 1280. The summed E-state index contributed by atoms with van der Waals surface area (Å²) in [4.78, 5) is 12.5. The highest BCUT2D eigenvalue weighted by molar-refractivity contribution is 6.31. The summed E-state index contributed by atoms with van der Waals surface area (Å²) in [5.74, 6) is 0.326. The van der Waals surface area contributed by atoms with E-state index < -0.39 is 11.7 Å². The fraction of sp³-hybridized carbons (Fsp3) is 0.211. The summed E-state index contributed by atoms with van der Waals surface area (Å²) in [5, 5.41) is 20.3. The number of nitrogens with zero attached hydrogens (tertiary/aromatic N) is 6. The SMILES string of the molecule is Cc1nn(-c2ccc3nnc(C)n3n2)c2c1[C@@H](c1c(F)cccc1Cl)CC(=O)N2. The Balaban J connectivity index is 1.72. The largest absolute Gasteiger partial charge is 0.310 e. The summed E-state index contributed by atoms with van der Waals surface area (Å²) in [5.41, 5.74) is 2.28. The van der Waals surface area contributed by atoms with E-state index in [1.807, 2.05) is 6.92 Å². The van der Waals surface area contributed by atoms with E-state index in [-0.39, 0.29) is 17.4 Å². The van der Waals surface area contributed by atoms with Crippen molar-refractivity contribution < 1.29 is 9.18 Å². The van der Waals surface area contributed by atoms with Crippen LogP contribution in [0.4, 0.5) is 10.2 Å². The first-order chi connectivity index (χ1) is 13.9. The van der Waals surface area contributed by atoms with Crippen molar-refractivity contribution in [3.8, 4) is 5.82 Å². The second-order valence-corrected chi connectivity index (χ2v) is 7.32. The number of rotatable bonds is 2. The van der Waals surface area contributed by atoms with Crippen LogP contribution in [-0.4, -0.2) is 35.5 Å². The van der Waals surface area contributed by atoms with Crippen LogP contribution in [0, 0.1) is 19.7 Å². The molecule has 8 nitrogen and oxygen atoms in total. The number of halogens is 2. The topological polar surface area (TPSA) is 90.0 Å². The molecule has 0 unspecified atom stereocenters. The highest BCUT2D eigenvalue weighted by Gasteiger charge is 2.35. The Morgan fingerprint density at radius 1 is 1.14 bits per heavy atom. The molecule has 0 spiro atoms. The number of hydrogen-bond acceptors (Lipinski definition) is 5. The molecule has 3 aromatic heterocycles. The molecule has 1 aliphatic rings. The summed E-state index contributed by atoms with van der Waals surface area (Å²) in [6.45, 7) is 3.61. The molecule has 1 amide bonds. The smallest absolute Gasteiger partial charge is 0.226 e. The van der Waals surface area contributed by atoms with E-state index in [2.05, 4.69) is 25.7 Å². The Kier molecular flexibility index (Phi) is 3.88. The normalized spacial score (nSPS) is 16.1. The molecule has 1 aliphatic heterocycles. The second-order valence-electron chi connectivity index (χ2n) is 6.91. The first kappa shape index (κ1) is 17.7. The van der Waals surface area contributed by atoms with E-state index >= 15 is 0 Å². The first-order valence-corrected chi connectivity index (χ1v) is 9.34. The number of anilines is 1. The van der Waals surface area contributed by atoms with E-state index in [1.165, 1.54) is 6.07 Å². The average Bonchev–Trinajstić information content (AvgIpc) is 3.21. The van der Waals surface area contributed by atoms with Crippen LogP contribution < -0.4 is 5.32 Å². The lowest BCUT2D eigenvalue weighted by molar-refractivity contribution is -0.116. The van der Waals surface area contributed by atoms with Crippen LogP contribution in [0.2, 0.25) is 5.02 Å². The maximum atomic E-state index is 14.6. The predicted molar refractivity (Wildman–Crippen MR) is 104 cm³/mol. The van der Waals surface area contributed by atoms with Crippen molar-refractivity contribution in [1.29, 1.82) is 0 Å². The quantitative estimate of drug-likeness (QED) is 0.547. The van der Waals surface area contributed by atoms with Crippen LogP contribution in [0.25, 0.3) is 11.5 Å². The van der Waals surface area contributed by atoms with Gasteiger partial charge in [-0.15, -0.1) is 15.3 Å². The molecule has 4 aromatic rings. The summed E-state index contributed by atoms with van der Waals surface area (Å²) in [7, 11) is 0. The lowest BCUT2D eigenvalue weighted by Crippen LogP contribution is -2.25. The summed E-state index contributed by atoms with van der Waals surface area (Å²) >= 11 is 6.30. The number of benzene rings is 1. The van der Waals surface area contributed by atoms with Crippen LogP contribution in [0.1, 0.15) is 35.0 Å². The lowest BCUT2D eigenvalue weighted by Gasteiger charge is -2.25. The number of carbonyl (C=O) groups is 1. The zero-order chi connectivity index (χ0) is 20.3. The number of amides is 1. The van der Waals surface area contributed by atoms with Gasteiger partial charge in [0.15, 0.2) is 17.3 Å². The van der Waals surface area contributed by atoms with Gasteiger partial charge in [0.1, 0.15) is 11.6 Å². The van der Waals surface area contributed by atoms with Gasteiger partial charge in [-0.2, -0.15) is 14.3 Å². The minimum atomic E-state index is -0.540. The molecule has 1 atom stereocenters. The fourth-order valence-electron chi connectivity index (χ4n) is 3.80. The van der Waals surface area contributed by atoms with Crippen molar-refractivity contribution in [2.45, 2.75) is 26.2 Å². The number of nitrogens with one attached hydrogen (secondary N) is 1. The van der Waals surface area contributed by atoms with E-state index in [0.717, 1.165) is 5.56 Å². The van der Waals surface area contributed by atoms with Gasteiger partial charge in [-0.25, -0.2) is 4.39 Å². The second kappa shape index (κ2) is 6.35. The van der Waals surface area contributed by atoms with E-state index in [1.54, 1.807) is 40.4 Å². The maximum Gasteiger partial charge on any atom is 0.226 e. The van der Waals surface area contributed by atoms with Crippen LogP contribution in [-0.2, 0) is 4.79 Å². The third kappa shape index (κ3) is 2.69. The monoisotopic (exact) mass is 411 g/mol. The minimum Gasteiger partial charge on any atom is -0.310 e. The van der Waals surface area contributed by atoms with Crippen molar-refractivity contribution in [3.63, 3.8) is 0 Å². The summed E-state index contributed by atoms with van der Waals surface area (Å²) in [6, 6.07) is 8.01. The molecule has 0 saturated carbocycles. The Hall–Kier alpha value is -3.33. The molecule has 4 heterocycles. The van der Waals surface area contributed by atoms with Gasteiger partial charge in [0.25, 0.3) is 0 Å². The molecule has 29 heavy (non-hydrogen) atoms. The van der Waals surface area contributed by atoms with Crippen LogP contribution >= 0.6 is 11.6 Å². The van der Waals surface area contributed by atoms with E-state index in [0.29, 0.717) is 34.4 Å². The molecular weight excluding hydrogens is 397 g/mol. The van der Waals surface area contributed by atoms with Crippen molar-refractivity contribution in [2.75, 3.05) is 5.32 Å². The number of carbonyl (C=O) groups excluding carboxylic acids is 1. The predicted octanol–water partition coefficient (Wildman–Crippen LogP) is 3.19. The Morgan fingerprint density at radius 2 is 1.97 bits per heavy atom. The van der Waals surface area contributed by atoms with Gasteiger partial charge in [-0.1, -0.05) is 17.7 Å². The molecule has 0 fully saturated rings. The van der Waals surface area contributed by atoms with Crippen molar-refractivity contribution in [2.24, 2.45) is 0 Å². The molecule has 0 aliphatic carbocycles. The van der Waals surface area contributed by atoms with Gasteiger partial charge in [0, 0.05) is 28.5 Å². The molecule has 146 valence electrons. The molecule has 0 bridgehead atoms. The van der Waals surface area contributed by atoms with Crippen molar-refractivity contribution >= 4 is 29.0 Å². The highest BCUT2D eigenvalue weighted by Crippen LogP contribution is 2.43. The lowest BCUT2D eigenvalue weighted by atomic mass is 9.85. The van der Waals surface area contributed by atoms with Crippen LogP contribution in [0.5, 0.6) is 0 Å². The van der Waals surface area contributed by atoms with Gasteiger partial charge >= 0.3 is 0 Å². The molecule has 10 heteroatoms. The average molecular weight is 412 g/mol. The van der Waals surface area contributed by atoms with Gasteiger partial charge < -0.3 is 5.32 Å². The number of fused-ring (bicyclic) bond motifs is 2. The summed E-state index contributed by atoms with van der Waals surface area (Å²) < 4.78 is 17.8. The number of aryl methyl sites for hydroxylation is 2. The molecule has 5 rings (SSSR count). The standard InChI is InChI=1S/C19H15ClFN7O/c1-9-17-11(18-12(20)4-3-5-13(18)21)8-16(29)22-19(17)28(25-9)15-7-6-14-24-23-10(2)27(14)26-15/h3-7,11H,8H2,1-2H3,(H,22,29)/t11-/m0/s1. The van der Waals surface area contributed by atoms with Gasteiger partial charge in [-0.3, -0.25) is 4.79 Å². The van der Waals surface area contributed by atoms with Gasteiger partial charge in [-0.05, 0) is 38.1 Å². The molecular formula is C19H15ClFN7O. The van der Waals surface area contributed by atoms with E-state index in [4.69, 9.17) is 11.6 Å². The summed E-state index contributed by atoms with van der Waals surface area (Å²) in [6.07, 6.45) is 0.0806.